The molecule has 1 fully saturated rings. The number of carbonyl (C=O) groups is 2. The molecule has 0 aliphatic carbocycles. The second kappa shape index (κ2) is 9.73. The molecule has 6 heteroatoms. The van der Waals surface area contributed by atoms with E-state index in [0.717, 1.165) is 12.8 Å². The zero-order valence-electron chi connectivity index (χ0n) is 16.3. The van der Waals surface area contributed by atoms with Crippen LogP contribution in [0.5, 0.6) is 0 Å². The molecular formula is C19H32N2O4. The van der Waals surface area contributed by atoms with E-state index in [1.165, 1.54) is 12.2 Å². The zero-order chi connectivity index (χ0) is 19.0. The zero-order valence-corrected chi connectivity index (χ0v) is 16.3. The molecular weight excluding hydrogens is 320 g/mol. The predicted octanol–water partition coefficient (Wildman–Crippen LogP) is 2.36. The minimum absolute atomic E-state index is 0.251. The number of hydrogen-bond donors (Lipinski definition) is 0. The summed E-state index contributed by atoms with van der Waals surface area (Å²) in [7, 11) is 7.32. The van der Waals surface area contributed by atoms with Crippen LogP contribution in [-0.4, -0.2) is 67.6 Å². The first-order valence-corrected chi connectivity index (χ1v) is 8.87. The Morgan fingerprint density at radius 1 is 0.840 bits per heavy atom. The van der Waals surface area contributed by atoms with Crippen LogP contribution in [0.1, 0.15) is 39.5 Å². The quantitative estimate of drug-likeness (QED) is 0.563. The molecule has 1 rings (SSSR count). The maximum Gasteiger partial charge on any atom is 0.189 e. The van der Waals surface area contributed by atoms with Crippen molar-refractivity contribution in [3.8, 4) is 0 Å². The van der Waals surface area contributed by atoms with Crippen molar-refractivity contribution in [2.45, 2.75) is 57.5 Å². The molecule has 0 N–H and O–H groups in total. The van der Waals surface area contributed by atoms with Crippen LogP contribution in [0, 0.1) is 0 Å². The van der Waals surface area contributed by atoms with Crippen molar-refractivity contribution in [3.05, 3.63) is 24.6 Å². The van der Waals surface area contributed by atoms with Crippen molar-refractivity contribution < 1.29 is 19.1 Å². The fraction of sp³-hybridized carbons (Fsp3) is 0.684. The molecule has 6 nitrogen and oxygen atoms in total. The van der Waals surface area contributed by atoms with Gasteiger partial charge in [0.15, 0.2) is 29.6 Å². The molecule has 25 heavy (non-hydrogen) atoms. The van der Waals surface area contributed by atoms with E-state index >= 15 is 0 Å². The third-order valence-corrected chi connectivity index (χ3v) is 3.85. The summed E-state index contributed by atoms with van der Waals surface area (Å²) in [5.41, 5.74) is 0. The molecule has 0 bridgehead atoms. The molecule has 1 heterocycles. The smallest absolute Gasteiger partial charge is 0.189 e. The Balaban J connectivity index is 3.09. The van der Waals surface area contributed by atoms with Crippen LogP contribution in [0.4, 0.5) is 0 Å². The average Bonchev–Trinajstić information content (AvgIpc) is 2.90. The highest BCUT2D eigenvalue weighted by Gasteiger charge is 2.51. The van der Waals surface area contributed by atoms with Gasteiger partial charge in [-0.25, -0.2) is 0 Å². The monoisotopic (exact) mass is 352 g/mol. The van der Waals surface area contributed by atoms with Gasteiger partial charge in [0.05, 0.1) is 0 Å². The van der Waals surface area contributed by atoms with E-state index in [2.05, 4.69) is 0 Å². The summed E-state index contributed by atoms with van der Waals surface area (Å²) in [5, 5.41) is 0. The summed E-state index contributed by atoms with van der Waals surface area (Å²) in [4.78, 5) is 28.7. The van der Waals surface area contributed by atoms with Crippen LogP contribution in [0.25, 0.3) is 0 Å². The molecule has 0 saturated carbocycles. The number of nitrogens with zero attached hydrogens (tertiary/aromatic N) is 2. The molecule has 1 aliphatic rings. The Kier molecular flexibility index (Phi) is 8.32. The third kappa shape index (κ3) is 6.29. The number of rotatable bonds is 10. The van der Waals surface area contributed by atoms with Crippen molar-refractivity contribution in [2.75, 3.05) is 28.2 Å². The van der Waals surface area contributed by atoms with Crippen molar-refractivity contribution in [2.24, 2.45) is 0 Å². The summed E-state index contributed by atoms with van der Waals surface area (Å²) in [6, 6.07) is 0. The molecule has 0 aromatic carbocycles. The molecule has 0 aromatic rings. The Morgan fingerprint density at radius 2 is 1.20 bits per heavy atom. The van der Waals surface area contributed by atoms with Crippen LogP contribution in [0.2, 0.25) is 0 Å². The largest absolute Gasteiger partial charge is 0.383 e. The maximum atomic E-state index is 12.6. The van der Waals surface area contributed by atoms with Gasteiger partial charge in [0.25, 0.3) is 0 Å². The lowest BCUT2D eigenvalue weighted by atomic mass is 10.1. The molecule has 1 saturated heterocycles. The Hall–Kier alpha value is -1.66. The van der Waals surface area contributed by atoms with Gasteiger partial charge in [-0.2, -0.15) is 0 Å². The van der Waals surface area contributed by atoms with Gasteiger partial charge in [0, 0.05) is 53.4 Å². The van der Waals surface area contributed by atoms with Gasteiger partial charge in [-0.3, -0.25) is 9.59 Å². The number of carbonyl (C=O) groups excluding carboxylic acids is 2. The second-order valence-electron chi connectivity index (χ2n) is 6.85. The number of hydrogen-bond acceptors (Lipinski definition) is 6. The van der Waals surface area contributed by atoms with Crippen molar-refractivity contribution in [1.29, 1.82) is 0 Å². The molecule has 2 atom stereocenters. The normalized spacial score (nSPS) is 22.6. The van der Waals surface area contributed by atoms with Crippen LogP contribution in [0.3, 0.4) is 0 Å². The topological polar surface area (TPSA) is 59.1 Å². The van der Waals surface area contributed by atoms with Gasteiger partial charge >= 0.3 is 0 Å². The number of ketones is 2. The lowest BCUT2D eigenvalue weighted by Crippen LogP contribution is -2.36. The van der Waals surface area contributed by atoms with Crippen molar-refractivity contribution >= 4 is 11.6 Å². The standard InChI is InChI=1S/C19H32N2O4/c1-7-11-19(12-8-2)24-17(15(22)9-13-20(3)4)18(25-19)16(23)10-14-21(5)6/h9-10,13-14,17-18H,7-8,11-12H2,1-6H3/b13-9+,14-10+/t17-,18-/m0/s1. The Labute approximate surface area is 151 Å². The van der Waals surface area contributed by atoms with Crippen molar-refractivity contribution in [1.82, 2.24) is 9.80 Å². The summed E-state index contributed by atoms with van der Waals surface area (Å²) >= 11 is 0. The minimum Gasteiger partial charge on any atom is -0.383 e. The van der Waals surface area contributed by atoms with Gasteiger partial charge in [0.1, 0.15) is 0 Å². The third-order valence-electron chi connectivity index (χ3n) is 3.85. The SMILES string of the molecule is CCCC1(CCC)O[C@@H](C(=O)/C=C/N(C)C)[C@H](C(=O)/C=C/N(C)C)O1. The van der Waals surface area contributed by atoms with Crippen LogP contribution >= 0.6 is 0 Å². The first-order chi connectivity index (χ1) is 11.7. The molecule has 0 amide bonds. The Bertz CT molecular complexity index is 466. The van der Waals surface area contributed by atoms with Gasteiger partial charge in [-0.15, -0.1) is 0 Å². The molecule has 0 radical (unpaired) electrons. The first kappa shape index (κ1) is 21.4. The van der Waals surface area contributed by atoms with E-state index in [0.29, 0.717) is 12.8 Å². The van der Waals surface area contributed by atoms with Gasteiger partial charge in [-0.05, 0) is 12.2 Å². The van der Waals surface area contributed by atoms with Gasteiger partial charge in [-0.1, -0.05) is 26.7 Å². The van der Waals surface area contributed by atoms with E-state index in [1.54, 1.807) is 22.2 Å². The molecule has 0 unspecified atom stereocenters. The summed E-state index contributed by atoms with van der Waals surface area (Å²) in [6.45, 7) is 4.07. The molecule has 0 aromatic heterocycles. The molecule has 142 valence electrons. The Morgan fingerprint density at radius 3 is 1.48 bits per heavy atom. The van der Waals surface area contributed by atoms with Crippen LogP contribution in [-0.2, 0) is 19.1 Å². The van der Waals surface area contributed by atoms with Crippen LogP contribution < -0.4 is 0 Å². The van der Waals surface area contributed by atoms with E-state index in [9.17, 15) is 9.59 Å². The average molecular weight is 352 g/mol. The highest BCUT2D eigenvalue weighted by Crippen LogP contribution is 2.37. The van der Waals surface area contributed by atoms with Crippen LogP contribution in [0.15, 0.2) is 24.6 Å². The fourth-order valence-corrected chi connectivity index (χ4v) is 2.79. The minimum atomic E-state index is -0.909. The van der Waals surface area contributed by atoms with E-state index in [1.807, 2.05) is 42.0 Å². The maximum absolute atomic E-state index is 12.6. The fourth-order valence-electron chi connectivity index (χ4n) is 2.79. The summed E-state index contributed by atoms with van der Waals surface area (Å²) < 4.78 is 12.1. The summed E-state index contributed by atoms with van der Waals surface area (Å²) in [5.74, 6) is -1.36. The second-order valence-corrected chi connectivity index (χ2v) is 6.85. The van der Waals surface area contributed by atoms with Gasteiger partial charge < -0.3 is 19.3 Å². The van der Waals surface area contributed by atoms with E-state index in [-0.39, 0.29) is 11.6 Å². The van der Waals surface area contributed by atoms with Gasteiger partial charge in [0.2, 0.25) is 0 Å². The highest BCUT2D eigenvalue weighted by atomic mass is 16.8. The lowest BCUT2D eigenvalue weighted by molar-refractivity contribution is -0.186. The highest BCUT2D eigenvalue weighted by molar-refractivity contribution is 6.02. The number of ether oxygens (including phenoxy) is 2. The molecule has 0 spiro atoms. The van der Waals surface area contributed by atoms with E-state index < -0.39 is 18.0 Å². The molecule has 1 aliphatic heterocycles. The van der Waals surface area contributed by atoms with Crippen molar-refractivity contribution in [3.63, 3.8) is 0 Å². The summed E-state index contributed by atoms with van der Waals surface area (Å²) in [6.07, 6.45) is 7.39. The lowest BCUT2D eigenvalue weighted by Gasteiger charge is -2.27. The first-order valence-electron chi connectivity index (χ1n) is 8.87. The van der Waals surface area contributed by atoms with E-state index in [4.69, 9.17) is 9.47 Å². The predicted molar refractivity (Wildman–Crippen MR) is 98.0 cm³/mol.